The molecule has 1 aromatic carbocycles. The molecule has 3 heteroatoms. The van der Waals surface area contributed by atoms with Crippen LogP contribution in [0.1, 0.15) is 56.9 Å². The van der Waals surface area contributed by atoms with Crippen molar-refractivity contribution in [1.29, 1.82) is 0 Å². The van der Waals surface area contributed by atoms with E-state index in [1.54, 1.807) is 0 Å². The predicted molar refractivity (Wildman–Crippen MR) is 93.0 cm³/mol. The Hall–Kier alpha value is -1.51. The number of benzene rings is 1. The third kappa shape index (κ3) is 2.72. The van der Waals surface area contributed by atoms with Crippen LogP contribution in [0, 0.1) is 17.8 Å². The molecule has 5 saturated carbocycles. The van der Waals surface area contributed by atoms with E-state index in [0.717, 1.165) is 36.3 Å². The molecular formula is C21H27NO2. The van der Waals surface area contributed by atoms with Crippen LogP contribution in [0.25, 0.3) is 0 Å². The van der Waals surface area contributed by atoms with E-state index in [1.807, 2.05) is 0 Å². The first-order valence-corrected chi connectivity index (χ1v) is 9.71. The van der Waals surface area contributed by atoms with E-state index in [4.69, 9.17) is 4.74 Å². The van der Waals surface area contributed by atoms with E-state index < -0.39 is 0 Å². The van der Waals surface area contributed by atoms with Crippen LogP contribution < -0.4 is 10.1 Å². The molecule has 0 aromatic heterocycles. The minimum absolute atomic E-state index is 0.00246. The normalized spacial score (nSPS) is 36.6. The summed E-state index contributed by atoms with van der Waals surface area (Å²) in [6.07, 6.45) is 10.9. The molecule has 1 N–H and O–H groups in total. The van der Waals surface area contributed by atoms with Crippen LogP contribution in [0.4, 0.5) is 0 Å². The molecule has 5 aliphatic carbocycles. The van der Waals surface area contributed by atoms with Gasteiger partial charge in [0.2, 0.25) is 0 Å². The van der Waals surface area contributed by atoms with E-state index >= 15 is 0 Å². The number of carbonyl (C=O) groups is 1. The standard InChI is InChI=1S/C21H27NO2/c23-20(22-18-3-4-18)13-24-19-5-1-17(2-6-19)21-10-14-7-15(11-21)9-16(8-14)12-21/h1-2,5-6,14-16,18H,3-4,7-13H2,(H,22,23). The van der Waals surface area contributed by atoms with Gasteiger partial charge in [0, 0.05) is 6.04 Å². The Kier molecular flexibility index (Phi) is 3.39. The predicted octanol–water partition coefficient (Wildman–Crippen LogP) is 3.81. The van der Waals surface area contributed by atoms with Crippen molar-refractivity contribution in [3.8, 4) is 5.75 Å². The number of ether oxygens (including phenoxy) is 1. The summed E-state index contributed by atoms with van der Waals surface area (Å²) in [4.78, 5) is 11.7. The zero-order valence-corrected chi connectivity index (χ0v) is 14.3. The summed E-state index contributed by atoms with van der Waals surface area (Å²) in [5.41, 5.74) is 1.95. The van der Waals surface area contributed by atoms with E-state index in [9.17, 15) is 4.79 Å². The van der Waals surface area contributed by atoms with Gasteiger partial charge < -0.3 is 10.1 Å². The summed E-state index contributed by atoms with van der Waals surface area (Å²) >= 11 is 0. The second kappa shape index (κ2) is 5.50. The SMILES string of the molecule is O=C(COc1ccc(C23CC4CC(CC(C4)C2)C3)cc1)NC1CC1. The molecule has 1 amide bonds. The first-order valence-electron chi connectivity index (χ1n) is 9.71. The highest BCUT2D eigenvalue weighted by molar-refractivity contribution is 5.78. The fourth-order valence-corrected chi connectivity index (χ4v) is 6.01. The van der Waals surface area contributed by atoms with Gasteiger partial charge in [-0.2, -0.15) is 0 Å². The summed E-state index contributed by atoms with van der Waals surface area (Å²) < 4.78 is 5.66. The largest absolute Gasteiger partial charge is 0.484 e. The van der Waals surface area contributed by atoms with E-state index in [-0.39, 0.29) is 12.5 Å². The van der Waals surface area contributed by atoms with Gasteiger partial charge >= 0.3 is 0 Å². The van der Waals surface area contributed by atoms with Gasteiger partial charge in [0.05, 0.1) is 0 Å². The lowest BCUT2D eigenvalue weighted by atomic mass is 9.48. The van der Waals surface area contributed by atoms with Crippen molar-refractivity contribution in [3.63, 3.8) is 0 Å². The number of amides is 1. The van der Waals surface area contributed by atoms with Crippen molar-refractivity contribution in [3.05, 3.63) is 29.8 Å². The van der Waals surface area contributed by atoms with Crippen molar-refractivity contribution in [2.75, 3.05) is 6.61 Å². The van der Waals surface area contributed by atoms with Crippen LogP contribution in [0.2, 0.25) is 0 Å². The molecule has 128 valence electrons. The Bertz CT molecular complexity index is 596. The molecule has 0 spiro atoms. The molecule has 0 heterocycles. The van der Waals surface area contributed by atoms with Crippen molar-refractivity contribution in [1.82, 2.24) is 5.32 Å². The molecule has 24 heavy (non-hydrogen) atoms. The van der Waals surface area contributed by atoms with Gasteiger partial charge in [-0.15, -0.1) is 0 Å². The lowest BCUT2D eigenvalue weighted by molar-refractivity contribution is -0.123. The van der Waals surface area contributed by atoms with Gasteiger partial charge in [-0.25, -0.2) is 0 Å². The van der Waals surface area contributed by atoms with Gasteiger partial charge in [-0.3, -0.25) is 4.79 Å². The Balaban J connectivity index is 1.25. The van der Waals surface area contributed by atoms with Gasteiger partial charge in [-0.05, 0) is 92.2 Å². The van der Waals surface area contributed by atoms with E-state index in [2.05, 4.69) is 29.6 Å². The molecular weight excluding hydrogens is 298 g/mol. The zero-order chi connectivity index (χ0) is 16.1. The van der Waals surface area contributed by atoms with Gasteiger partial charge in [-0.1, -0.05) is 12.1 Å². The highest BCUT2D eigenvalue weighted by atomic mass is 16.5. The van der Waals surface area contributed by atoms with Crippen molar-refractivity contribution in [2.45, 2.75) is 62.8 Å². The monoisotopic (exact) mass is 325 g/mol. The smallest absolute Gasteiger partial charge is 0.258 e. The maximum Gasteiger partial charge on any atom is 0.258 e. The first-order chi connectivity index (χ1) is 11.7. The van der Waals surface area contributed by atoms with Gasteiger partial charge in [0.25, 0.3) is 5.91 Å². The third-order valence-corrected chi connectivity index (χ3v) is 6.82. The minimum Gasteiger partial charge on any atom is -0.484 e. The lowest BCUT2D eigenvalue weighted by Gasteiger charge is -2.57. The number of rotatable bonds is 5. The minimum atomic E-state index is 0.00246. The molecule has 5 fully saturated rings. The van der Waals surface area contributed by atoms with E-state index in [1.165, 1.54) is 44.1 Å². The summed E-state index contributed by atoms with van der Waals surface area (Å²) in [6.45, 7) is 0.132. The quantitative estimate of drug-likeness (QED) is 0.894. The first kappa shape index (κ1) is 14.8. The number of nitrogens with one attached hydrogen (secondary N) is 1. The molecule has 1 aromatic rings. The van der Waals surface area contributed by atoms with Crippen LogP contribution in [0.3, 0.4) is 0 Å². The average Bonchev–Trinajstić information content (AvgIpc) is 3.36. The van der Waals surface area contributed by atoms with Crippen LogP contribution >= 0.6 is 0 Å². The lowest BCUT2D eigenvalue weighted by Crippen LogP contribution is -2.48. The molecule has 3 nitrogen and oxygen atoms in total. The second-order valence-corrected chi connectivity index (χ2v) is 8.85. The number of hydrogen-bond donors (Lipinski definition) is 1. The van der Waals surface area contributed by atoms with Crippen LogP contribution in [-0.4, -0.2) is 18.6 Å². The highest BCUT2D eigenvalue weighted by Gasteiger charge is 2.51. The molecule has 4 bridgehead atoms. The maximum atomic E-state index is 11.7. The summed E-state index contributed by atoms with van der Waals surface area (Å²) in [5, 5.41) is 2.96. The second-order valence-electron chi connectivity index (χ2n) is 8.85. The molecule has 6 rings (SSSR count). The summed E-state index contributed by atoms with van der Waals surface area (Å²) in [6, 6.07) is 9.07. The number of hydrogen-bond acceptors (Lipinski definition) is 2. The molecule has 0 atom stereocenters. The highest BCUT2D eigenvalue weighted by Crippen LogP contribution is 2.60. The fourth-order valence-electron chi connectivity index (χ4n) is 6.01. The van der Waals surface area contributed by atoms with Crippen LogP contribution in [0.15, 0.2) is 24.3 Å². The summed E-state index contributed by atoms with van der Waals surface area (Å²) in [5.74, 6) is 3.73. The van der Waals surface area contributed by atoms with Gasteiger partial charge in [0.1, 0.15) is 5.75 Å². The Morgan fingerprint density at radius 2 is 1.58 bits per heavy atom. The third-order valence-electron chi connectivity index (χ3n) is 6.82. The van der Waals surface area contributed by atoms with Crippen LogP contribution in [0.5, 0.6) is 5.75 Å². The molecule has 0 radical (unpaired) electrons. The van der Waals surface area contributed by atoms with Crippen molar-refractivity contribution >= 4 is 5.91 Å². The Morgan fingerprint density at radius 1 is 1.00 bits per heavy atom. The Labute approximate surface area is 144 Å². The maximum absolute atomic E-state index is 11.7. The Morgan fingerprint density at radius 3 is 2.12 bits per heavy atom. The molecule has 0 unspecified atom stereocenters. The summed E-state index contributed by atoms with van der Waals surface area (Å²) in [7, 11) is 0. The van der Waals surface area contributed by atoms with Crippen molar-refractivity contribution in [2.24, 2.45) is 17.8 Å². The van der Waals surface area contributed by atoms with Crippen molar-refractivity contribution < 1.29 is 9.53 Å². The molecule has 0 aliphatic heterocycles. The van der Waals surface area contributed by atoms with Gasteiger partial charge in [0.15, 0.2) is 6.61 Å². The zero-order valence-electron chi connectivity index (χ0n) is 14.3. The topological polar surface area (TPSA) is 38.3 Å². The number of carbonyl (C=O) groups excluding carboxylic acids is 1. The average molecular weight is 325 g/mol. The van der Waals surface area contributed by atoms with E-state index in [0.29, 0.717) is 11.5 Å². The molecule has 0 saturated heterocycles. The molecule has 5 aliphatic rings. The fraction of sp³-hybridized carbons (Fsp3) is 0.667. The van der Waals surface area contributed by atoms with Crippen LogP contribution in [-0.2, 0) is 10.2 Å².